The Kier molecular flexibility index (Phi) is 8.47. The summed E-state index contributed by atoms with van der Waals surface area (Å²) in [6.45, 7) is 1.77. The largest absolute Gasteiger partial charge is 0.496 e. The maximum absolute atomic E-state index is 13.5. The third-order valence-electron chi connectivity index (χ3n) is 5.48. The normalized spacial score (nSPS) is 11.5. The number of aliphatic carboxylic acids is 1. The molecule has 3 aromatic carbocycles. The van der Waals surface area contributed by atoms with Crippen molar-refractivity contribution in [1.29, 1.82) is 0 Å². The highest BCUT2D eigenvalue weighted by Gasteiger charge is 2.31. The highest BCUT2D eigenvalue weighted by Crippen LogP contribution is 2.38. The lowest BCUT2D eigenvalue weighted by molar-refractivity contribution is -0.138. The molecule has 2 amide bonds. The molecule has 0 fully saturated rings. The lowest BCUT2D eigenvalue weighted by Crippen LogP contribution is -2.28. The standard InChI is InChI=1S/C27H25F3N2O4/c1-3-32(26(35)31-16-18-7-5-4-6-8-18)17-20-15-21(27(28,29)30)10-11-22(20)23-13-19(14-25(33)34)9-12-24(23)36-2/h4-13,15-16H,3,14,17H2,1-2H3,(H,33,34)/b31-16+. The molecule has 36 heavy (non-hydrogen) atoms. The van der Waals surface area contributed by atoms with Crippen LogP contribution in [0.1, 0.15) is 29.2 Å². The molecule has 0 unspecified atom stereocenters. The van der Waals surface area contributed by atoms with Crippen molar-refractivity contribution in [3.63, 3.8) is 0 Å². The second kappa shape index (κ2) is 11.5. The van der Waals surface area contributed by atoms with Gasteiger partial charge in [-0.2, -0.15) is 13.2 Å². The Bertz CT molecular complexity index is 1260. The Morgan fingerprint density at radius 2 is 1.75 bits per heavy atom. The number of halogens is 3. The molecule has 3 rings (SSSR count). The summed E-state index contributed by atoms with van der Waals surface area (Å²) < 4.78 is 46.0. The molecule has 3 aromatic rings. The summed E-state index contributed by atoms with van der Waals surface area (Å²) in [5, 5.41) is 9.17. The van der Waals surface area contributed by atoms with Crippen molar-refractivity contribution >= 4 is 18.2 Å². The van der Waals surface area contributed by atoms with Crippen LogP contribution in [0.25, 0.3) is 11.1 Å². The Hall–Kier alpha value is -4.14. The lowest BCUT2D eigenvalue weighted by Gasteiger charge is -2.22. The number of methoxy groups -OCH3 is 1. The molecule has 0 aliphatic heterocycles. The van der Waals surface area contributed by atoms with Crippen LogP contribution in [0.2, 0.25) is 0 Å². The van der Waals surface area contributed by atoms with Crippen LogP contribution in [0, 0.1) is 0 Å². The fraction of sp³-hybridized carbons (Fsp3) is 0.222. The molecule has 6 nitrogen and oxygen atoms in total. The minimum atomic E-state index is -4.59. The van der Waals surface area contributed by atoms with E-state index in [4.69, 9.17) is 9.84 Å². The van der Waals surface area contributed by atoms with Crippen LogP contribution in [0.5, 0.6) is 5.75 Å². The number of aliphatic imine (C=N–C) groups is 1. The lowest BCUT2D eigenvalue weighted by atomic mass is 9.94. The zero-order chi connectivity index (χ0) is 26.3. The number of benzene rings is 3. The maximum Gasteiger partial charge on any atom is 0.416 e. The van der Waals surface area contributed by atoms with Gasteiger partial charge in [0.2, 0.25) is 0 Å². The van der Waals surface area contributed by atoms with E-state index in [1.807, 2.05) is 6.07 Å². The van der Waals surface area contributed by atoms with E-state index in [0.29, 0.717) is 28.0 Å². The van der Waals surface area contributed by atoms with Crippen LogP contribution in [-0.4, -0.2) is 41.9 Å². The van der Waals surface area contributed by atoms with Gasteiger partial charge in [-0.05, 0) is 53.4 Å². The summed E-state index contributed by atoms with van der Waals surface area (Å²) in [7, 11) is 1.42. The predicted octanol–water partition coefficient (Wildman–Crippen LogP) is 6.07. The third kappa shape index (κ3) is 6.71. The monoisotopic (exact) mass is 498 g/mol. The molecule has 188 valence electrons. The van der Waals surface area contributed by atoms with Crippen molar-refractivity contribution in [1.82, 2.24) is 4.90 Å². The van der Waals surface area contributed by atoms with Crippen LogP contribution in [0.3, 0.4) is 0 Å². The number of urea groups is 1. The van der Waals surface area contributed by atoms with Gasteiger partial charge in [-0.15, -0.1) is 0 Å². The molecule has 0 aliphatic rings. The molecule has 0 bridgehead atoms. The molecule has 0 radical (unpaired) electrons. The molecule has 0 saturated heterocycles. The second-order valence-electron chi connectivity index (χ2n) is 7.94. The van der Waals surface area contributed by atoms with Gasteiger partial charge in [0.15, 0.2) is 0 Å². The number of alkyl halides is 3. The van der Waals surface area contributed by atoms with E-state index in [9.17, 15) is 22.8 Å². The first-order chi connectivity index (χ1) is 17.1. The van der Waals surface area contributed by atoms with Gasteiger partial charge in [0.25, 0.3) is 0 Å². The summed E-state index contributed by atoms with van der Waals surface area (Å²) in [6.07, 6.45) is -3.45. The van der Waals surface area contributed by atoms with E-state index >= 15 is 0 Å². The number of hydrogen-bond acceptors (Lipinski definition) is 3. The van der Waals surface area contributed by atoms with Crippen molar-refractivity contribution in [3.05, 3.63) is 89.0 Å². The Labute approximate surface area is 206 Å². The van der Waals surface area contributed by atoms with Gasteiger partial charge in [-0.1, -0.05) is 42.5 Å². The average Bonchev–Trinajstić information content (AvgIpc) is 2.85. The molecule has 0 spiro atoms. The first kappa shape index (κ1) is 26.5. The molecule has 0 aliphatic carbocycles. The Balaban J connectivity index is 2.04. The number of rotatable bonds is 8. The molecule has 0 heterocycles. The van der Waals surface area contributed by atoms with Crippen molar-refractivity contribution in [3.8, 4) is 16.9 Å². The number of carboxylic acid groups (broad SMARTS) is 1. The molecule has 1 N–H and O–H groups in total. The van der Waals surface area contributed by atoms with Gasteiger partial charge in [0.05, 0.1) is 19.1 Å². The number of carboxylic acids is 1. The Morgan fingerprint density at radius 1 is 1.03 bits per heavy atom. The highest BCUT2D eigenvalue weighted by molar-refractivity contribution is 5.91. The fourth-order valence-corrected chi connectivity index (χ4v) is 3.68. The van der Waals surface area contributed by atoms with Crippen LogP contribution in [0.15, 0.2) is 71.7 Å². The van der Waals surface area contributed by atoms with Crippen molar-refractivity contribution in [2.75, 3.05) is 13.7 Å². The second-order valence-corrected chi connectivity index (χ2v) is 7.94. The van der Waals surface area contributed by atoms with Crippen LogP contribution < -0.4 is 4.74 Å². The number of ether oxygens (including phenoxy) is 1. The SMILES string of the molecule is CCN(Cc1cc(C(F)(F)F)ccc1-c1cc(CC(=O)O)ccc1OC)C(=O)/N=C/c1ccccc1. The molecular formula is C27H25F3N2O4. The minimum Gasteiger partial charge on any atom is -0.496 e. The summed E-state index contributed by atoms with van der Waals surface area (Å²) in [5.74, 6) is -0.681. The molecule has 0 atom stereocenters. The zero-order valence-corrected chi connectivity index (χ0v) is 19.7. The Morgan fingerprint density at radius 3 is 2.36 bits per heavy atom. The smallest absolute Gasteiger partial charge is 0.416 e. The number of carbonyl (C=O) groups excluding carboxylic acids is 1. The zero-order valence-electron chi connectivity index (χ0n) is 19.7. The van der Waals surface area contributed by atoms with Gasteiger partial charge >= 0.3 is 18.2 Å². The predicted molar refractivity (Wildman–Crippen MR) is 130 cm³/mol. The number of amides is 2. The van der Waals surface area contributed by atoms with E-state index in [1.165, 1.54) is 24.3 Å². The summed E-state index contributed by atoms with van der Waals surface area (Å²) in [5.41, 5.74) is 1.35. The first-order valence-corrected chi connectivity index (χ1v) is 11.1. The summed E-state index contributed by atoms with van der Waals surface area (Å²) in [4.78, 5) is 29.3. The van der Waals surface area contributed by atoms with Crippen molar-refractivity contribution < 1.29 is 32.6 Å². The topological polar surface area (TPSA) is 79.2 Å². The number of hydrogen-bond donors (Lipinski definition) is 1. The number of carbonyl (C=O) groups is 2. The van der Waals surface area contributed by atoms with Crippen LogP contribution >= 0.6 is 0 Å². The average molecular weight is 499 g/mol. The van der Waals surface area contributed by atoms with Crippen LogP contribution in [-0.2, 0) is 23.9 Å². The van der Waals surface area contributed by atoms with Crippen LogP contribution in [0.4, 0.5) is 18.0 Å². The summed E-state index contributed by atoms with van der Waals surface area (Å²) in [6, 6.07) is 16.3. The van der Waals surface area contributed by atoms with Gasteiger partial charge in [-0.3, -0.25) is 4.79 Å². The maximum atomic E-state index is 13.5. The van der Waals surface area contributed by atoms with E-state index < -0.39 is 23.7 Å². The molecular weight excluding hydrogens is 473 g/mol. The number of nitrogens with zero attached hydrogens (tertiary/aromatic N) is 2. The molecule has 0 aromatic heterocycles. The van der Waals surface area contributed by atoms with E-state index in [-0.39, 0.29) is 25.1 Å². The van der Waals surface area contributed by atoms with E-state index in [0.717, 1.165) is 12.1 Å². The molecule has 0 saturated carbocycles. The van der Waals surface area contributed by atoms with E-state index in [2.05, 4.69) is 4.99 Å². The van der Waals surface area contributed by atoms with Crippen molar-refractivity contribution in [2.45, 2.75) is 26.1 Å². The van der Waals surface area contributed by atoms with Gasteiger partial charge in [0, 0.05) is 24.9 Å². The van der Waals surface area contributed by atoms with Crippen molar-refractivity contribution in [2.24, 2.45) is 4.99 Å². The van der Waals surface area contributed by atoms with Gasteiger partial charge in [-0.25, -0.2) is 9.79 Å². The minimum absolute atomic E-state index is 0.146. The first-order valence-electron chi connectivity index (χ1n) is 11.1. The van der Waals surface area contributed by atoms with E-state index in [1.54, 1.807) is 49.4 Å². The quantitative estimate of drug-likeness (QED) is 0.383. The van der Waals surface area contributed by atoms with Gasteiger partial charge in [0.1, 0.15) is 5.75 Å². The molecule has 9 heteroatoms. The van der Waals surface area contributed by atoms with Gasteiger partial charge < -0.3 is 14.7 Å². The highest BCUT2D eigenvalue weighted by atomic mass is 19.4. The fourth-order valence-electron chi connectivity index (χ4n) is 3.68. The summed E-state index contributed by atoms with van der Waals surface area (Å²) >= 11 is 0. The third-order valence-corrected chi connectivity index (χ3v) is 5.48.